The maximum Gasteiger partial charge on any atom is 0.338 e. The third-order valence-corrected chi connectivity index (χ3v) is 11.0. The summed E-state index contributed by atoms with van der Waals surface area (Å²) in [5.41, 5.74) is 10.5. The van der Waals surface area contributed by atoms with E-state index in [2.05, 4.69) is 92.1 Å². The first-order chi connectivity index (χ1) is 26.8. The van der Waals surface area contributed by atoms with Crippen LogP contribution in [0.4, 0.5) is 0 Å². The van der Waals surface area contributed by atoms with Crippen molar-refractivity contribution in [1.82, 2.24) is 9.13 Å². The number of nitrogens with zero attached hydrogens (tertiary/aromatic N) is 3. The van der Waals surface area contributed by atoms with E-state index in [0.717, 1.165) is 44.9 Å². The lowest BCUT2D eigenvalue weighted by Crippen LogP contribution is -2.40. The minimum atomic E-state index is -0.750. The van der Waals surface area contributed by atoms with E-state index in [9.17, 15) is 9.59 Å². The Morgan fingerprint density at radius 1 is 0.800 bits per heavy atom. The molecule has 272 valence electrons. The number of fused-ring (bicyclic) bond motifs is 1. The van der Waals surface area contributed by atoms with E-state index in [4.69, 9.17) is 9.73 Å². The maximum absolute atomic E-state index is 15.0. The van der Waals surface area contributed by atoms with Crippen LogP contribution in [0.25, 0.3) is 40.0 Å². The molecule has 0 radical (unpaired) electrons. The number of carbonyl (C=O) groups excluding carboxylic acids is 1. The number of carbonyl (C=O) groups is 1. The van der Waals surface area contributed by atoms with Crippen molar-refractivity contribution in [3.05, 3.63) is 199 Å². The lowest BCUT2D eigenvalue weighted by atomic mass is 9.91. The molecule has 0 unspecified atom stereocenters. The van der Waals surface area contributed by atoms with Gasteiger partial charge in [0.2, 0.25) is 0 Å². The number of benzene rings is 5. The quantitative estimate of drug-likeness (QED) is 0.139. The molecule has 1 aliphatic heterocycles. The minimum absolute atomic E-state index is 0.192. The zero-order valence-electron chi connectivity index (χ0n) is 31.3. The summed E-state index contributed by atoms with van der Waals surface area (Å²) in [5, 5.41) is 0. The molecule has 0 fully saturated rings. The van der Waals surface area contributed by atoms with E-state index in [1.54, 1.807) is 11.5 Å². The Morgan fingerprint density at radius 2 is 1.40 bits per heavy atom. The molecule has 6 nitrogen and oxygen atoms in total. The highest BCUT2D eigenvalue weighted by atomic mass is 32.1. The number of hydrogen-bond donors (Lipinski definition) is 0. The van der Waals surface area contributed by atoms with E-state index >= 15 is 0 Å². The Kier molecular flexibility index (Phi) is 9.87. The number of aromatic nitrogens is 2. The summed E-state index contributed by atoms with van der Waals surface area (Å²) in [6, 6.07) is 48.4. The number of hydrogen-bond acceptors (Lipinski definition) is 5. The van der Waals surface area contributed by atoms with Gasteiger partial charge in [-0.05, 0) is 66.3 Å². The van der Waals surface area contributed by atoms with Gasteiger partial charge in [0.25, 0.3) is 5.56 Å². The van der Waals surface area contributed by atoms with Crippen molar-refractivity contribution in [2.24, 2.45) is 4.99 Å². The fraction of sp³-hybridized carbons (Fsp3) is 0.146. The zero-order chi connectivity index (χ0) is 38.1. The molecule has 1 aliphatic rings. The van der Waals surface area contributed by atoms with Crippen LogP contribution in [0, 0.1) is 6.92 Å². The molecular weight excluding hydrogens is 699 g/mol. The van der Waals surface area contributed by atoms with Crippen LogP contribution in [-0.2, 0) is 9.53 Å². The third-order valence-electron chi connectivity index (χ3n) is 10.0. The van der Waals surface area contributed by atoms with Crippen LogP contribution < -0.4 is 14.9 Å². The first-order valence-corrected chi connectivity index (χ1v) is 19.5. The number of ether oxygens (including phenoxy) is 1. The molecule has 55 heavy (non-hydrogen) atoms. The lowest BCUT2D eigenvalue weighted by molar-refractivity contribution is -0.138. The highest BCUT2D eigenvalue weighted by Gasteiger charge is 2.35. The smallest absolute Gasteiger partial charge is 0.338 e. The van der Waals surface area contributed by atoms with Gasteiger partial charge in [0, 0.05) is 16.8 Å². The molecule has 7 heteroatoms. The topological polar surface area (TPSA) is 65.6 Å². The second kappa shape index (κ2) is 15.2. The lowest BCUT2D eigenvalue weighted by Gasteiger charge is -2.26. The highest BCUT2D eigenvalue weighted by Crippen LogP contribution is 2.38. The van der Waals surface area contributed by atoms with Gasteiger partial charge in [-0.3, -0.25) is 9.36 Å². The van der Waals surface area contributed by atoms with E-state index in [1.165, 1.54) is 22.5 Å². The standard InChI is InChI=1S/C48H41N3O3S/c1-5-54-47(53)42-43(35-17-11-7-12-18-35)49-48-51(45(42)37-25-23-33(24-26-37)31(2)3)46(52)41(55-48)30-38-29-40(34-15-9-6-10-16-34)50(39-27-21-32(4)22-28-39)44(38)36-19-13-8-14-20-36/h6-31,45H,5H2,1-4H3/b41-30-/t45-/m1/s1. The number of esters is 1. The normalized spacial score (nSPS) is 14.2. The fourth-order valence-corrected chi connectivity index (χ4v) is 8.27. The summed E-state index contributed by atoms with van der Waals surface area (Å²) in [6.45, 7) is 8.36. The van der Waals surface area contributed by atoms with E-state index in [0.29, 0.717) is 26.5 Å². The van der Waals surface area contributed by atoms with Gasteiger partial charge in [-0.1, -0.05) is 158 Å². The molecule has 0 bridgehead atoms. The van der Waals surface area contributed by atoms with Gasteiger partial charge in [0.1, 0.15) is 0 Å². The molecule has 0 spiro atoms. The molecule has 3 heterocycles. The SMILES string of the molecule is CCOC(=O)C1=C(c2ccccc2)N=c2s/c(=C\c3cc(-c4ccccc4)n(-c4ccc(C)cc4)c3-c3ccccc3)c(=O)n2[C@@H]1c1ccc(C(C)C)cc1. The van der Waals surface area contributed by atoms with Crippen molar-refractivity contribution in [1.29, 1.82) is 0 Å². The molecular formula is C48H41N3O3S. The Balaban J connectivity index is 1.42. The van der Waals surface area contributed by atoms with E-state index in [1.807, 2.05) is 84.9 Å². The number of rotatable bonds is 9. The Hall–Kier alpha value is -6.31. The molecule has 7 aromatic rings. The van der Waals surface area contributed by atoms with Crippen LogP contribution in [0.15, 0.2) is 161 Å². The van der Waals surface area contributed by atoms with Gasteiger partial charge >= 0.3 is 5.97 Å². The molecule has 0 aliphatic carbocycles. The molecule has 8 rings (SSSR count). The van der Waals surface area contributed by atoms with Gasteiger partial charge in [-0.15, -0.1) is 0 Å². The van der Waals surface area contributed by atoms with Crippen LogP contribution >= 0.6 is 11.3 Å². The van der Waals surface area contributed by atoms with Gasteiger partial charge in [0.15, 0.2) is 4.80 Å². The predicted octanol–water partition coefficient (Wildman–Crippen LogP) is 9.49. The van der Waals surface area contributed by atoms with Crippen molar-refractivity contribution in [2.75, 3.05) is 6.61 Å². The molecule has 1 atom stereocenters. The molecule has 0 N–H and O–H groups in total. The highest BCUT2D eigenvalue weighted by molar-refractivity contribution is 7.07. The monoisotopic (exact) mass is 739 g/mol. The summed E-state index contributed by atoms with van der Waals surface area (Å²) in [5.74, 6) is -0.172. The van der Waals surface area contributed by atoms with E-state index in [-0.39, 0.29) is 12.2 Å². The van der Waals surface area contributed by atoms with Crippen molar-refractivity contribution >= 4 is 29.1 Å². The van der Waals surface area contributed by atoms with Crippen LogP contribution in [0.3, 0.4) is 0 Å². The maximum atomic E-state index is 15.0. The van der Waals surface area contributed by atoms with Crippen molar-refractivity contribution in [3.8, 4) is 28.2 Å². The van der Waals surface area contributed by atoms with Crippen LogP contribution in [0.1, 0.15) is 60.5 Å². The first-order valence-electron chi connectivity index (χ1n) is 18.6. The third kappa shape index (κ3) is 6.83. The van der Waals surface area contributed by atoms with Crippen molar-refractivity contribution in [3.63, 3.8) is 0 Å². The van der Waals surface area contributed by atoms with Gasteiger partial charge < -0.3 is 9.30 Å². The second-order valence-corrected chi connectivity index (χ2v) is 15.0. The van der Waals surface area contributed by atoms with Crippen LogP contribution in [0.5, 0.6) is 0 Å². The first kappa shape index (κ1) is 35.7. The Morgan fingerprint density at radius 3 is 2.00 bits per heavy atom. The predicted molar refractivity (Wildman–Crippen MR) is 223 cm³/mol. The fourth-order valence-electron chi connectivity index (χ4n) is 7.28. The minimum Gasteiger partial charge on any atom is -0.463 e. The van der Waals surface area contributed by atoms with E-state index < -0.39 is 12.0 Å². The zero-order valence-corrected chi connectivity index (χ0v) is 32.1. The number of aryl methyl sites for hydroxylation is 1. The second-order valence-electron chi connectivity index (χ2n) is 14.0. The molecule has 0 saturated carbocycles. The van der Waals surface area contributed by atoms with Crippen molar-refractivity contribution in [2.45, 2.75) is 39.7 Å². The molecule has 5 aromatic carbocycles. The summed E-state index contributed by atoms with van der Waals surface area (Å²) in [6.07, 6.45) is 1.98. The largest absolute Gasteiger partial charge is 0.463 e. The molecule has 0 saturated heterocycles. The number of thiazole rings is 1. The summed E-state index contributed by atoms with van der Waals surface area (Å²) >= 11 is 1.33. The molecule has 2 aromatic heterocycles. The van der Waals surface area contributed by atoms with Crippen molar-refractivity contribution < 1.29 is 9.53 Å². The van der Waals surface area contributed by atoms with Gasteiger partial charge in [-0.25, -0.2) is 9.79 Å². The summed E-state index contributed by atoms with van der Waals surface area (Å²) < 4.78 is 10.2. The Bertz CT molecular complexity index is 2710. The average molecular weight is 740 g/mol. The average Bonchev–Trinajstić information content (AvgIpc) is 3.75. The summed E-state index contributed by atoms with van der Waals surface area (Å²) in [7, 11) is 0. The van der Waals surface area contributed by atoms with Crippen LogP contribution in [0.2, 0.25) is 0 Å². The van der Waals surface area contributed by atoms with Gasteiger partial charge in [-0.2, -0.15) is 0 Å². The summed E-state index contributed by atoms with van der Waals surface area (Å²) in [4.78, 5) is 34.6. The Labute approximate surface area is 324 Å². The van der Waals surface area contributed by atoms with Crippen LogP contribution in [-0.4, -0.2) is 21.7 Å². The molecule has 0 amide bonds. The van der Waals surface area contributed by atoms with Gasteiger partial charge in [0.05, 0.1) is 39.8 Å².